The Balaban J connectivity index is 1.41. The maximum Gasteiger partial charge on any atom is 0.418 e. The number of benzene rings is 1. The SMILES string of the molecule is O=C(COc1nc(-c2ccccc2Cl)no1)NC(=O)NCCc1cccs1. The van der Waals surface area contributed by atoms with E-state index in [2.05, 4.69) is 20.8 Å². The lowest BCUT2D eigenvalue weighted by molar-refractivity contribution is -0.122. The number of halogens is 1. The van der Waals surface area contributed by atoms with Crippen molar-refractivity contribution in [3.63, 3.8) is 0 Å². The largest absolute Gasteiger partial charge is 0.439 e. The van der Waals surface area contributed by atoms with E-state index in [9.17, 15) is 9.59 Å². The summed E-state index contributed by atoms with van der Waals surface area (Å²) in [5.41, 5.74) is 0.576. The van der Waals surface area contributed by atoms with E-state index in [0.717, 1.165) is 4.88 Å². The first-order valence-electron chi connectivity index (χ1n) is 7.93. The number of hydrogen-bond donors (Lipinski definition) is 2. The van der Waals surface area contributed by atoms with Gasteiger partial charge in [-0.15, -0.1) is 11.3 Å². The Morgan fingerprint density at radius 2 is 2.07 bits per heavy atom. The zero-order chi connectivity index (χ0) is 19.1. The molecule has 27 heavy (non-hydrogen) atoms. The summed E-state index contributed by atoms with van der Waals surface area (Å²) in [5.74, 6) is -0.400. The molecule has 0 atom stereocenters. The van der Waals surface area contributed by atoms with Crippen molar-refractivity contribution in [2.24, 2.45) is 0 Å². The summed E-state index contributed by atoms with van der Waals surface area (Å²) >= 11 is 7.66. The van der Waals surface area contributed by atoms with Gasteiger partial charge in [-0.05, 0) is 30.0 Å². The number of carbonyl (C=O) groups excluding carboxylic acids is 2. The van der Waals surface area contributed by atoms with Crippen molar-refractivity contribution < 1.29 is 18.8 Å². The van der Waals surface area contributed by atoms with E-state index >= 15 is 0 Å². The van der Waals surface area contributed by atoms with Crippen LogP contribution in [0.5, 0.6) is 6.08 Å². The number of rotatable bonds is 7. The van der Waals surface area contributed by atoms with Gasteiger partial charge < -0.3 is 10.1 Å². The second-order valence-electron chi connectivity index (χ2n) is 5.29. The third kappa shape index (κ3) is 5.53. The van der Waals surface area contributed by atoms with Gasteiger partial charge in [0.15, 0.2) is 6.61 Å². The lowest BCUT2D eigenvalue weighted by atomic mass is 10.2. The first kappa shape index (κ1) is 18.9. The lowest BCUT2D eigenvalue weighted by Gasteiger charge is -2.05. The Bertz CT molecular complexity index is 913. The van der Waals surface area contributed by atoms with Crippen molar-refractivity contribution in [1.82, 2.24) is 20.8 Å². The van der Waals surface area contributed by atoms with E-state index in [1.165, 1.54) is 0 Å². The summed E-state index contributed by atoms with van der Waals surface area (Å²) in [4.78, 5) is 28.6. The van der Waals surface area contributed by atoms with Gasteiger partial charge in [-0.25, -0.2) is 4.79 Å². The van der Waals surface area contributed by atoms with Crippen LogP contribution in [0.2, 0.25) is 5.02 Å². The molecular formula is C17H15ClN4O4S. The minimum absolute atomic E-state index is 0.196. The highest BCUT2D eigenvalue weighted by Gasteiger charge is 2.14. The van der Waals surface area contributed by atoms with Gasteiger partial charge in [0, 0.05) is 17.0 Å². The Hall–Kier alpha value is -2.91. The summed E-state index contributed by atoms with van der Waals surface area (Å²) in [5, 5.41) is 10.9. The van der Waals surface area contributed by atoms with Crippen LogP contribution < -0.4 is 15.4 Å². The van der Waals surface area contributed by atoms with E-state index in [0.29, 0.717) is 23.6 Å². The first-order chi connectivity index (χ1) is 13.1. The number of aromatic nitrogens is 2. The molecule has 0 bridgehead atoms. The summed E-state index contributed by atoms with van der Waals surface area (Å²) in [6, 6.07) is 10.3. The minimum atomic E-state index is -0.638. The topological polar surface area (TPSA) is 106 Å². The van der Waals surface area contributed by atoms with Crippen LogP contribution in [0, 0.1) is 0 Å². The van der Waals surface area contributed by atoms with E-state index < -0.39 is 18.5 Å². The van der Waals surface area contributed by atoms with Crippen molar-refractivity contribution in [3.05, 3.63) is 51.7 Å². The van der Waals surface area contributed by atoms with Gasteiger partial charge in [-0.3, -0.25) is 14.6 Å². The molecule has 3 aromatic rings. The summed E-state index contributed by atoms with van der Waals surface area (Å²) < 4.78 is 10.0. The molecule has 10 heteroatoms. The number of amides is 3. The quantitative estimate of drug-likeness (QED) is 0.624. The molecule has 0 saturated heterocycles. The molecule has 0 fully saturated rings. The monoisotopic (exact) mass is 406 g/mol. The molecule has 0 aliphatic carbocycles. The predicted molar refractivity (Wildman–Crippen MR) is 99.8 cm³/mol. The normalized spacial score (nSPS) is 10.4. The van der Waals surface area contributed by atoms with E-state index in [4.69, 9.17) is 20.9 Å². The summed E-state index contributed by atoms with van der Waals surface area (Å²) in [6.07, 6.45) is 0.501. The van der Waals surface area contributed by atoms with Gasteiger partial charge in [-0.1, -0.05) is 35.0 Å². The average Bonchev–Trinajstić information content (AvgIpc) is 3.32. The maximum absolute atomic E-state index is 11.7. The molecule has 3 amide bonds. The fourth-order valence-electron chi connectivity index (χ4n) is 2.11. The highest BCUT2D eigenvalue weighted by Crippen LogP contribution is 2.26. The van der Waals surface area contributed by atoms with Crippen LogP contribution in [0.1, 0.15) is 4.88 Å². The number of urea groups is 1. The number of nitrogens with one attached hydrogen (secondary N) is 2. The molecule has 140 valence electrons. The predicted octanol–water partition coefficient (Wildman–Crippen LogP) is 2.90. The summed E-state index contributed by atoms with van der Waals surface area (Å²) in [6.45, 7) is -0.0200. The van der Waals surface area contributed by atoms with Crippen molar-refractivity contribution in [2.75, 3.05) is 13.2 Å². The van der Waals surface area contributed by atoms with Gasteiger partial charge >= 0.3 is 12.1 Å². The van der Waals surface area contributed by atoms with Gasteiger partial charge in [0.05, 0.1) is 5.02 Å². The molecular weight excluding hydrogens is 392 g/mol. The molecule has 0 radical (unpaired) electrons. The van der Waals surface area contributed by atoms with Crippen LogP contribution in [0.3, 0.4) is 0 Å². The van der Waals surface area contributed by atoms with Gasteiger partial charge in [0.1, 0.15) is 0 Å². The lowest BCUT2D eigenvalue weighted by Crippen LogP contribution is -2.42. The number of thiophene rings is 1. The van der Waals surface area contributed by atoms with Crippen molar-refractivity contribution in [1.29, 1.82) is 0 Å². The molecule has 3 rings (SSSR count). The van der Waals surface area contributed by atoms with Crippen molar-refractivity contribution >= 4 is 34.9 Å². The molecule has 2 heterocycles. The van der Waals surface area contributed by atoms with Crippen LogP contribution in [-0.4, -0.2) is 35.2 Å². The summed E-state index contributed by atoms with van der Waals surface area (Å²) in [7, 11) is 0. The maximum atomic E-state index is 11.7. The standard InChI is InChI=1S/C17H15ClN4O4S/c18-13-6-2-1-5-12(13)15-21-17(26-22-15)25-10-14(23)20-16(24)19-8-7-11-4-3-9-27-11/h1-6,9H,7-8,10H2,(H2,19,20,23,24). The molecule has 8 nitrogen and oxygen atoms in total. The Morgan fingerprint density at radius 1 is 1.22 bits per heavy atom. The van der Waals surface area contributed by atoms with Crippen LogP contribution in [0.4, 0.5) is 4.79 Å². The van der Waals surface area contributed by atoms with Gasteiger partial charge in [0.2, 0.25) is 5.82 Å². The molecule has 0 spiro atoms. The van der Waals surface area contributed by atoms with E-state index in [-0.39, 0.29) is 11.9 Å². The zero-order valence-electron chi connectivity index (χ0n) is 14.0. The van der Waals surface area contributed by atoms with Crippen LogP contribution >= 0.6 is 22.9 Å². The zero-order valence-corrected chi connectivity index (χ0v) is 15.5. The van der Waals surface area contributed by atoms with E-state index in [1.54, 1.807) is 35.6 Å². The van der Waals surface area contributed by atoms with E-state index in [1.807, 2.05) is 17.5 Å². The first-order valence-corrected chi connectivity index (χ1v) is 9.19. The van der Waals surface area contributed by atoms with Gasteiger partial charge in [0.25, 0.3) is 5.91 Å². The van der Waals surface area contributed by atoms with Crippen molar-refractivity contribution in [3.8, 4) is 17.5 Å². The fraction of sp³-hybridized carbons (Fsp3) is 0.176. The highest BCUT2D eigenvalue weighted by atomic mass is 35.5. The number of ether oxygens (including phenoxy) is 1. The molecule has 1 aromatic carbocycles. The van der Waals surface area contributed by atoms with Crippen LogP contribution in [-0.2, 0) is 11.2 Å². The fourth-order valence-corrected chi connectivity index (χ4v) is 3.04. The number of imide groups is 1. The number of nitrogens with zero attached hydrogens (tertiary/aromatic N) is 2. The molecule has 0 saturated carbocycles. The smallest absolute Gasteiger partial charge is 0.418 e. The van der Waals surface area contributed by atoms with Crippen LogP contribution in [0.15, 0.2) is 46.3 Å². The van der Waals surface area contributed by atoms with Crippen molar-refractivity contribution in [2.45, 2.75) is 6.42 Å². The average molecular weight is 407 g/mol. The Kier molecular flexibility index (Phi) is 6.39. The molecule has 0 aliphatic rings. The van der Waals surface area contributed by atoms with Gasteiger partial charge in [-0.2, -0.15) is 4.98 Å². The number of hydrogen-bond acceptors (Lipinski definition) is 7. The molecule has 0 unspecified atom stereocenters. The second kappa shape index (κ2) is 9.15. The third-order valence-corrected chi connectivity index (χ3v) is 4.60. The Morgan fingerprint density at radius 3 is 2.85 bits per heavy atom. The minimum Gasteiger partial charge on any atom is -0.439 e. The molecule has 0 aliphatic heterocycles. The highest BCUT2D eigenvalue weighted by molar-refractivity contribution is 7.09. The molecule has 2 N–H and O–H groups in total. The molecule has 2 aromatic heterocycles. The second-order valence-corrected chi connectivity index (χ2v) is 6.73. The van der Waals surface area contributed by atoms with Crippen LogP contribution in [0.25, 0.3) is 11.4 Å². The third-order valence-electron chi connectivity index (χ3n) is 3.34. The Labute approximate surface area is 163 Å². The number of carbonyl (C=O) groups is 2.